The van der Waals surface area contributed by atoms with Gasteiger partial charge in [-0.15, -0.1) is 6.58 Å². The van der Waals surface area contributed by atoms with Crippen LogP contribution in [0, 0.1) is 5.82 Å². The van der Waals surface area contributed by atoms with Crippen molar-refractivity contribution in [2.24, 2.45) is 4.99 Å². The van der Waals surface area contributed by atoms with Crippen LogP contribution in [0.1, 0.15) is 10.5 Å². The van der Waals surface area contributed by atoms with Gasteiger partial charge in [0, 0.05) is 18.9 Å². The number of benzene rings is 1. The molecule has 0 atom stereocenters. The van der Waals surface area contributed by atoms with Gasteiger partial charge in [-0.3, -0.25) is 9.78 Å². The van der Waals surface area contributed by atoms with Gasteiger partial charge in [-0.2, -0.15) is 4.99 Å². The van der Waals surface area contributed by atoms with E-state index >= 15 is 0 Å². The molecule has 7 heteroatoms. The molecular weight excluding hydrogens is 303 g/mol. The van der Waals surface area contributed by atoms with E-state index in [-0.39, 0.29) is 11.5 Å². The van der Waals surface area contributed by atoms with E-state index in [1.54, 1.807) is 22.8 Å². The van der Waals surface area contributed by atoms with Gasteiger partial charge in [-0.1, -0.05) is 23.5 Å². The Labute approximate surface area is 129 Å². The molecule has 0 aliphatic heterocycles. The first kappa shape index (κ1) is 14.3. The van der Waals surface area contributed by atoms with Crippen molar-refractivity contribution < 1.29 is 9.18 Å². The highest BCUT2D eigenvalue weighted by molar-refractivity contribution is 7.16. The third-order valence-electron chi connectivity index (χ3n) is 2.94. The molecule has 0 unspecified atom stereocenters. The normalized spacial score (nSPS) is 11.8. The maximum absolute atomic E-state index is 14.0. The lowest BCUT2D eigenvalue weighted by Gasteiger charge is -2.01. The number of thiazole rings is 1. The highest BCUT2D eigenvalue weighted by atomic mass is 32.1. The number of rotatable bonds is 3. The van der Waals surface area contributed by atoms with Gasteiger partial charge in [0.05, 0.1) is 16.4 Å². The first-order valence-electron chi connectivity index (χ1n) is 6.44. The fraction of sp³-hybridized carbons (Fsp3) is 0.0667. The lowest BCUT2D eigenvalue weighted by atomic mass is 10.3. The molecular formula is C15H11FN4OS. The Morgan fingerprint density at radius 1 is 1.45 bits per heavy atom. The third-order valence-corrected chi connectivity index (χ3v) is 3.99. The molecule has 0 N–H and O–H groups in total. The van der Waals surface area contributed by atoms with Gasteiger partial charge in [0.15, 0.2) is 4.80 Å². The van der Waals surface area contributed by atoms with E-state index in [4.69, 9.17) is 0 Å². The maximum atomic E-state index is 14.0. The molecule has 1 amide bonds. The van der Waals surface area contributed by atoms with Crippen LogP contribution < -0.4 is 4.80 Å². The molecule has 1 aromatic carbocycles. The number of carbonyl (C=O) groups excluding carboxylic acids is 1. The summed E-state index contributed by atoms with van der Waals surface area (Å²) in [5.74, 6) is -0.873. The molecule has 3 aromatic rings. The monoisotopic (exact) mass is 314 g/mol. The topological polar surface area (TPSA) is 60.1 Å². The van der Waals surface area contributed by atoms with Crippen LogP contribution in [0.3, 0.4) is 0 Å². The first-order chi connectivity index (χ1) is 10.7. The van der Waals surface area contributed by atoms with E-state index in [0.717, 1.165) is 0 Å². The minimum absolute atomic E-state index is 0.144. The van der Waals surface area contributed by atoms with Crippen LogP contribution in [0.15, 0.2) is 54.4 Å². The minimum atomic E-state index is -0.516. The Kier molecular flexibility index (Phi) is 3.88. The van der Waals surface area contributed by atoms with E-state index < -0.39 is 5.91 Å². The number of carbonyl (C=O) groups is 1. The number of nitrogens with zero attached hydrogens (tertiary/aromatic N) is 4. The fourth-order valence-corrected chi connectivity index (χ4v) is 3.08. The summed E-state index contributed by atoms with van der Waals surface area (Å²) in [6.07, 6.45) is 5.87. The third kappa shape index (κ3) is 2.58. The number of amides is 1. The van der Waals surface area contributed by atoms with E-state index in [1.807, 2.05) is 0 Å². The number of para-hydroxylation sites is 1. The Hall–Kier alpha value is -2.67. The summed E-state index contributed by atoms with van der Waals surface area (Å²) < 4.78 is 16.4. The van der Waals surface area contributed by atoms with Crippen LogP contribution in [0.2, 0.25) is 0 Å². The Morgan fingerprint density at radius 2 is 2.32 bits per heavy atom. The van der Waals surface area contributed by atoms with Crippen molar-refractivity contribution in [1.29, 1.82) is 0 Å². The molecule has 5 nitrogen and oxygen atoms in total. The summed E-state index contributed by atoms with van der Waals surface area (Å²) in [4.78, 5) is 24.3. The highest BCUT2D eigenvalue weighted by Crippen LogP contribution is 2.20. The molecule has 110 valence electrons. The summed E-state index contributed by atoms with van der Waals surface area (Å²) in [5, 5.41) is 0. The first-order valence-corrected chi connectivity index (χ1v) is 7.26. The number of halogens is 1. The second kappa shape index (κ2) is 5.98. The molecule has 0 bridgehead atoms. The standard InChI is InChI=1S/C15H11FN4OS/c1-2-8-20-13-10(16)4-3-5-12(13)22-15(20)19-14(21)11-9-17-6-7-18-11/h2-7,9H,1,8H2. The van der Waals surface area contributed by atoms with Crippen LogP contribution in [0.5, 0.6) is 0 Å². The molecule has 0 spiro atoms. The molecule has 2 aromatic heterocycles. The van der Waals surface area contributed by atoms with Crippen LogP contribution >= 0.6 is 11.3 Å². The second-order valence-electron chi connectivity index (χ2n) is 4.38. The summed E-state index contributed by atoms with van der Waals surface area (Å²) >= 11 is 1.24. The molecule has 0 radical (unpaired) electrons. The van der Waals surface area contributed by atoms with Crippen LogP contribution in [-0.4, -0.2) is 20.4 Å². The van der Waals surface area contributed by atoms with Crippen molar-refractivity contribution in [3.8, 4) is 0 Å². The molecule has 0 aliphatic rings. The number of aromatic nitrogens is 3. The van der Waals surface area contributed by atoms with Crippen LogP contribution in [0.4, 0.5) is 4.39 Å². The lowest BCUT2D eigenvalue weighted by Crippen LogP contribution is -2.17. The predicted molar refractivity (Wildman–Crippen MR) is 81.9 cm³/mol. The maximum Gasteiger partial charge on any atom is 0.299 e. The zero-order valence-electron chi connectivity index (χ0n) is 11.4. The van der Waals surface area contributed by atoms with Gasteiger partial charge in [0.2, 0.25) is 0 Å². The van der Waals surface area contributed by atoms with Crippen molar-refractivity contribution in [3.05, 3.63) is 65.8 Å². The molecule has 3 rings (SSSR count). The fourth-order valence-electron chi connectivity index (χ4n) is 2.02. The van der Waals surface area contributed by atoms with Crippen molar-refractivity contribution in [3.63, 3.8) is 0 Å². The van der Waals surface area contributed by atoms with Crippen molar-refractivity contribution >= 4 is 27.5 Å². The number of fused-ring (bicyclic) bond motifs is 1. The summed E-state index contributed by atoms with van der Waals surface area (Å²) in [6.45, 7) is 4.02. The average Bonchev–Trinajstić information content (AvgIpc) is 2.87. The van der Waals surface area contributed by atoms with Gasteiger partial charge >= 0.3 is 0 Å². The van der Waals surface area contributed by atoms with E-state index in [9.17, 15) is 9.18 Å². The van der Waals surface area contributed by atoms with Crippen molar-refractivity contribution in [1.82, 2.24) is 14.5 Å². The molecule has 22 heavy (non-hydrogen) atoms. The Bertz CT molecular complexity index is 914. The number of hydrogen-bond acceptors (Lipinski definition) is 4. The largest absolute Gasteiger partial charge is 0.310 e. The van der Waals surface area contributed by atoms with Crippen molar-refractivity contribution in [2.45, 2.75) is 6.54 Å². The number of allylic oxidation sites excluding steroid dienone is 1. The molecule has 0 fully saturated rings. The second-order valence-corrected chi connectivity index (χ2v) is 5.39. The Morgan fingerprint density at radius 3 is 3.05 bits per heavy atom. The van der Waals surface area contributed by atoms with Crippen molar-refractivity contribution in [2.75, 3.05) is 0 Å². The van der Waals surface area contributed by atoms with E-state index in [2.05, 4.69) is 21.5 Å². The molecule has 0 aliphatic carbocycles. The SMILES string of the molecule is C=CCn1c(=NC(=O)c2cnccn2)sc2cccc(F)c21. The summed E-state index contributed by atoms with van der Waals surface area (Å²) in [5.41, 5.74) is 0.559. The lowest BCUT2D eigenvalue weighted by molar-refractivity contribution is 0.0992. The van der Waals surface area contributed by atoms with Gasteiger partial charge in [0.25, 0.3) is 5.91 Å². The number of hydrogen-bond donors (Lipinski definition) is 0. The average molecular weight is 314 g/mol. The van der Waals surface area contributed by atoms with Gasteiger partial charge in [-0.05, 0) is 12.1 Å². The Balaban J connectivity index is 2.20. The smallest absolute Gasteiger partial charge is 0.299 e. The minimum Gasteiger partial charge on any atom is -0.310 e. The van der Waals surface area contributed by atoms with Gasteiger partial charge in [-0.25, -0.2) is 9.37 Å². The van der Waals surface area contributed by atoms with Crippen LogP contribution in [0.25, 0.3) is 10.2 Å². The van der Waals surface area contributed by atoms with E-state index in [1.165, 1.54) is 36.0 Å². The van der Waals surface area contributed by atoms with Gasteiger partial charge < -0.3 is 4.57 Å². The predicted octanol–water partition coefficient (Wildman–Crippen LogP) is 2.56. The van der Waals surface area contributed by atoms with E-state index in [0.29, 0.717) is 21.6 Å². The highest BCUT2D eigenvalue weighted by Gasteiger charge is 2.12. The van der Waals surface area contributed by atoms with Crippen LogP contribution in [-0.2, 0) is 6.54 Å². The molecule has 0 saturated carbocycles. The summed E-state index contributed by atoms with van der Waals surface area (Å²) in [7, 11) is 0. The quantitative estimate of drug-likeness (QED) is 0.698. The molecule has 0 saturated heterocycles. The zero-order valence-corrected chi connectivity index (χ0v) is 12.3. The zero-order chi connectivity index (χ0) is 15.5. The summed E-state index contributed by atoms with van der Waals surface area (Å²) in [6, 6.07) is 4.79. The molecule has 2 heterocycles. The van der Waals surface area contributed by atoms with Gasteiger partial charge in [0.1, 0.15) is 11.5 Å².